The van der Waals surface area contributed by atoms with Crippen LogP contribution in [0.25, 0.3) is 0 Å². The number of benzene rings is 2. The van der Waals surface area contributed by atoms with Crippen molar-refractivity contribution >= 4 is 27.8 Å². The fourth-order valence-corrected chi connectivity index (χ4v) is 3.78. The van der Waals surface area contributed by atoms with Crippen molar-refractivity contribution in [3.63, 3.8) is 0 Å². The van der Waals surface area contributed by atoms with E-state index in [1.54, 1.807) is 12.1 Å². The van der Waals surface area contributed by atoms with Crippen LogP contribution in [-0.2, 0) is 14.9 Å². The van der Waals surface area contributed by atoms with E-state index in [9.17, 15) is 9.59 Å². The zero-order valence-corrected chi connectivity index (χ0v) is 18.8. The smallest absolute Gasteiger partial charge is 0.338 e. The van der Waals surface area contributed by atoms with Crippen LogP contribution in [0.1, 0.15) is 42.1 Å². The summed E-state index contributed by atoms with van der Waals surface area (Å²) < 4.78 is 16.8. The lowest BCUT2D eigenvalue weighted by Crippen LogP contribution is -2.35. The summed E-state index contributed by atoms with van der Waals surface area (Å²) in [6.45, 7) is 2.74. The molecule has 0 heterocycles. The first-order chi connectivity index (χ1) is 14.5. The van der Waals surface area contributed by atoms with Crippen LogP contribution >= 0.6 is 15.9 Å². The van der Waals surface area contributed by atoms with Gasteiger partial charge in [-0.25, -0.2) is 4.79 Å². The highest BCUT2D eigenvalue weighted by molar-refractivity contribution is 9.10. The van der Waals surface area contributed by atoms with Gasteiger partial charge < -0.3 is 19.5 Å². The summed E-state index contributed by atoms with van der Waals surface area (Å²) in [7, 11) is 1.50. The Kier molecular flexibility index (Phi) is 7.37. The zero-order chi connectivity index (χ0) is 21.6. The maximum Gasteiger partial charge on any atom is 0.338 e. The van der Waals surface area contributed by atoms with Gasteiger partial charge >= 0.3 is 5.97 Å². The lowest BCUT2D eigenvalue weighted by molar-refractivity contribution is -0.124. The summed E-state index contributed by atoms with van der Waals surface area (Å²) >= 11 is 3.40. The Morgan fingerprint density at radius 2 is 1.90 bits per heavy atom. The molecule has 0 radical (unpaired) electrons. The number of hydrogen-bond donors (Lipinski definition) is 1. The molecule has 0 aromatic heterocycles. The van der Waals surface area contributed by atoms with E-state index in [1.165, 1.54) is 12.7 Å². The van der Waals surface area contributed by atoms with Gasteiger partial charge in [0.05, 0.1) is 23.8 Å². The second-order valence-electron chi connectivity index (χ2n) is 7.34. The minimum Gasteiger partial charge on any atom is -0.493 e. The van der Waals surface area contributed by atoms with Crippen LogP contribution in [0.4, 0.5) is 0 Å². The van der Waals surface area contributed by atoms with Crippen molar-refractivity contribution in [3.05, 3.63) is 58.1 Å². The van der Waals surface area contributed by atoms with E-state index in [-0.39, 0.29) is 23.5 Å². The summed E-state index contributed by atoms with van der Waals surface area (Å²) in [6, 6.07) is 13.3. The Hall–Kier alpha value is -2.54. The molecule has 30 heavy (non-hydrogen) atoms. The van der Waals surface area contributed by atoms with Crippen molar-refractivity contribution in [1.29, 1.82) is 0 Å². The maximum absolute atomic E-state index is 12.4. The van der Waals surface area contributed by atoms with Crippen molar-refractivity contribution in [3.8, 4) is 11.5 Å². The van der Waals surface area contributed by atoms with Gasteiger partial charge in [-0.15, -0.1) is 0 Å². The van der Waals surface area contributed by atoms with Gasteiger partial charge in [0.2, 0.25) is 0 Å². The van der Waals surface area contributed by atoms with Gasteiger partial charge in [0.1, 0.15) is 0 Å². The average Bonchev–Trinajstić information content (AvgIpc) is 3.56. The molecule has 0 spiro atoms. The minimum atomic E-state index is -0.601. The van der Waals surface area contributed by atoms with Gasteiger partial charge in [0.25, 0.3) is 5.91 Å². The van der Waals surface area contributed by atoms with Gasteiger partial charge in [-0.05, 0) is 52.9 Å². The predicted octanol–water partition coefficient (Wildman–Crippen LogP) is 4.25. The number of nitrogens with one attached hydrogen (secondary N) is 1. The third-order valence-electron chi connectivity index (χ3n) is 5.11. The molecule has 2 aromatic rings. The standard InChI is InChI=1S/C23H26BrNO5/c1-3-11-29-21-18(24)12-16(13-19(21)28-2)22(27)30-14-20(26)25-15-23(9-10-23)17-7-5-4-6-8-17/h4-8,12-13H,3,9-11,14-15H2,1-2H3,(H,25,26). The average molecular weight is 476 g/mol. The van der Waals surface area contributed by atoms with E-state index in [0.717, 1.165) is 19.3 Å². The van der Waals surface area contributed by atoms with E-state index in [1.807, 2.05) is 25.1 Å². The topological polar surface area (TPSA) is 73.9 Å². The molecule has 2 aromatic carbocycles. The van der Waals surface area contributed by atoms with Gasteiger partial charge in [0, 0.05) is 12.0 Å². The Bertz CT molecular complexity index is 896. The summed E-state index contributed by atoms with van der Waals surface area (Å²) in [5, 5.41) is 2.89. The summed E-state index contributed by atoms with van der Waals surface area (Å²) in [5.74, 6) is 0.0342. The number of rotatable bonds is 10. The summed E-state index contributed by atoms with van der Waals surface area (Å²) in [5.41, 5.74) is 1.51. The molecule has 1 N–H and O–H groups in total. The van der Waals surface area contributed by atoms with Gasteiger partial charge in [-0.3, -0.25) is 4.79 Å². The number of halogens is 1. The zero-order valence-electron chi connectivity index (χ0n) is 17.2. The number of amides is 1. The molecule has 1 aliphatic carbocycles. The second kappa shape index (κ2) is 9.98. The lowest BCUT2D eigenvalue weighted by atomic mass is 9.96. The fraction of sp³-hybridized carbons (Fsp3) is 0.391. The van der Waals surface area contributed by atoms with Crippen LogP contribution in [0.15, 0.2) is 46.9 Å². The van der Waals surface area contributed by atoms with Crippen LogP contribution in [0.2, 0.25) is 0 Å². The van der Waals surface area contributed by atoms with Crippen LogP contribution in [0.5, 0.6) is 11.5 Å². The molecule has 1 aliphatic rings. The number of methoxy groups -OCH3 is 1. The third kappa shape index (κ3) is 5.33. The highest BCUT2D eigenvalue weighted by atomic mass is 79.9. The molecule has 0 bridgehead atoms. The molecular formula is C23H26BrNO5. The molecule has 1 fully saturated rings. The van der Waals surface area contributed by atoms with Gasteiger partial charge in [-0.1, -0.05) is 37.3 Å². The predicted molar refractivity (Wildman–Crippen MR) is 117 cm³/mol. The molecule has 0 unspecified atom stereocenters. The molecule has 0 atom stereocenters. The first-order valence-corrected chi connectivity index (χ1v) is 10.8. The van der Waals surface area contributed by atoms with E-state index >= 15 is 0 Å². The van der Waals surface area contributed by atoms with Crippen molar-refractivity contribution in [1.82, 2.24) is 5.32 Å². The van der Waals surface area contributed by atoms with Crippen molar-refractivity contribution in [2.75, 3.05) is 26.9 Å². The number of hydrogen-bond acceptors (Lipinski definition) is 5. The first-order valence-electron chi connectivity index (χ1n) is 9.99. The van der Waals surface area contributed by atoms with E-state index in [0.29, 0.717) is 29.1 Å². The van der Waals surface area contributed by atoms with Gasteiger partial charge in [-0.2, -0.15) is 0 Å². The Morgan fingerprint density at radius 1 is 1.17 bits per heavy atom. The SMILES string of the molecule is CCCOc1c(Br)cc(C(=O)OCC(=O)NCC2(c3ccccc3)CC2)cc1OC. The number of ether oxygens (including phenoxy) is 3. The molecule has 3 rings (SSSR count). The second-order valence-corrected chi connectivity index (χ2v) is 8.19. The highest BCUT2D eigenvalue weighted by Crippen LogP contribution is 2.47. The van der Waals surface area contributed by atoms with Crippen molar-refractivity contribution in [2.45, 2.75) is 31.6 Å². The van der Waals surface area contributed by atoms with Crippen molar-refractivity contribution < 1.29 is 23.8 Å². The lowest BCUT2D eigenvalue weighted by Gasteiger charge is -2.17. The molecule has 7 heteroatoms. The fourth-order valence-electron chi connectivity index (χ4n) is 3.23. The first kappa shape index (κ1) is 22.2. The molecule has 0 saturated heterocycles. The minimum absolute atomic E-state index is 0.00742. The molecule has 1 saturated carbocycles. The Morgan fingerprint density at radius 3 is 2.53 bits per heavy atom. The van der Waals surface area contributed by atoms with Crippen LogP contribution < -0.4 is 14.8 Å². The number of carbonyl (C=O) groups excluding carboxylic acids is 2. The van der Waals surface area contributed by atoms with Gasteiger partial charge in [0.15, 0.2) is 18.1 Å². The maximum atomic E-state index is 12.4. The molecule has 160 valence electrons. The van der Waals surface area contributed by atoms with E-state index < -0.39 is 5.97 Å². The number of esters is 1. The summed E-state index contributed by atoms with van der Waals surface area (Å²) in [6.07, 6.45) is 2.93. The quantitative estimate of drug-likeness (QED) is 0.519. The molecule has 0 aliphatic heterocycles. The monoisotopic (exact) mass is 475 g/mol. The summed E-state index contributed by atoms with van der Waals surface area (Å²) in [4.78, 5) is 24.6. The Labute approximate surface area is 185 Å². The van der Waals surface area contributed by atoms with Crippen LogP contribution in [-0.4, -0.2) is 38.7 Å². The molecule has 1 amide bonds. The number of carbonyl (C=O) groups is 2. The van der Waals surface area contributed by atoms with Crippen molar-refractivity contribution in [2.24, 2.45) is 0 Å². The highest BCUT2D eigenvalue weighted by Gasteiger charge is 2.44. The molecular weight excluding hydrogens is 450 g/mol. The normalized spacial score (nSPS) is 14.0. The third-order valence-corrected chi connectivity index (χ3v) is 5.70. The largest absolute Gasteiger partial charge is 0.493 e. The molecule has 6 nitrogen and oxygen atoms in total. The van der Waals surface area contributed by atoms with Crippen LogP contribution in [0, 0.1) is 0 Å². The van der Waals surface area contributed by atoms with Crippen LogP contribution in [0.3, 0.4) is 0 Å². The van der Waals surface area contributed by atoms with E-state index in [4.69, 9.17) is 14.2 Å². The Balaban J connectivity index is 1.54. The van der Waals surface area contributed by atoms with E-state index in [2.05, 4.69) is 33.4 Å².